The molecular formula is C23H18ClN5O4. The lowest BCUT2D eigenvalue weighted by atomic mass is 10.1. The number of nitro benzene ring substituents is 1. The Kier molecular flexibility index (Phi) is 6.32. The quantitative estimate of drug-likeness (QED) is 0.283. The normalized spacial score (nSPS) is 10.6. The number of ether oxygens (including phenoxy) is 1. The van der Waals surface area contributed by atoms with E-state index in [-0.39, 0.29) is 22.4 Å². The number of hydrogen-bond donors (Lipinski definition) is 1. The number of anilines is 1. The van der Waals surface area contributed by atoms with Gasteiger partial charge in [-0.2, -0.15) is 0 Å². The molecule has 0 radical (unpaired) electrons. The minimum atomic E-state index is -0.569. The monoisotopic (exact) mass is 463 g/mol. The lowest BCUT2D eigenvalue weighted by molar-refractivity contribution is -0.385. The molecule has 1 N–H and O–H groups in total. The van der Waals surface area contributed by atoms with Gasteiger partial charge in [0.15, 0.2) is 5.82 Å². The molecule has 166 valence electrons. The third-order valence-electron chi connectivity index (χ3n) is 4.80. The molecule has 0 unspecified atom stereocenters. The number of amides is 1. The first-order valence-corrected chi connectivity index (χ1v) is 10.3. The number of aryl methyl sites for hydroxylation is 1. The van der Waals surface area contributed by atoms with E-state index >= 15 is 0 Å². The van der Waals surface area contributed by atoms with Gasteiger partial charge in [0.25, 0.3) is 5.91 Å². The molecule has 10 heteroatoms. The molecule has 1 aromatic heterocycles. The molecule has 0 saturated heterocycles. The van der Waals surface area contributed by atoms with Crippen LogP contribution in [0.25, 0.3) is 11.4 Å². The maximum atomic E-state index is 12.7. The number of carbonyl (C=O) groups excluding carboxylic acids is 1. The minimum Gasteiger partial charge on any atom is -0.450 e. The predicted octanol–water partition coefficient (Wildman–Crippen LogP) is 5.57. The Bertz CT molecular complexity index is 1320. The van der Waals surface area contributed by atoms with Gasteiger partial charge in [0.2, 0.25) is 5.75 Å². The summed E-state index contributed by atoms with van der Waals surface area (Å²) in [6.45, 7) is 2.73. The van der Waals surface area contributed by atoms with Crippen molar-refractivity contribution in [3.8, 4) is 22.9 Å². The molecule has 0 aliphatic rings. The van der Waals surface area contributed by atoms with Gasteiger partial charge in [-0.05, 0) is 55.5 Å². The molecule has 0 atom stereocenters. The first-order chi connectivity index (χ1) is 15.9. The second-order valence-electron chi connectivity index (χ2n) is 6.97. The van der Waals surface area contributed by atoms with Crippen LogP contribution in [0.15, 0.2) is 73.1 Å². The minimum absolute atomic E-state index is 0.0540. The van der Waals surface area contributed by atoms with Gasteiger partial charge in [-0.3, -0.25) is 14.9 Å². The van der Waals surface area contributed by atoms with Crippen LogP contribution in [0, 0.1) is 10.1 Å². The third-order valence-corrected chi connectivity index (χ3v) is 5.03. The van der Waals surface area contributed by atoms with E-state index in [2.05, 4.69) is 15.5 Å². The molecule has 1 heterocycles. The molecule has 4 aromatic rings. The Morgan fingerprint density at radius 3 is 2.67 bits per heavy atom. The highest BCUT2D eigenvalue weighted by Gasteiger charge is 2.17. The number of nitrogens with one attached hydrogen (secondary N) is 1. The molecule has 0 spiro atoms. The zero-order valence-corrected chi connectivity index (χ0v) is 18.2. The van der Waals surface area contributed by atoms with Crippen LogP contribution < -0.4 is 10.1 Å². The average Bonchev–Trinajstić information content (AvgIpc) is 3.30. The number of rotatable bonds is 7. The molecular weight excluding hydrogens is 446 g/mol. The fourth-order valence-corrected chi connectivity index (χ4v) is 3.34. The number of hydrogen-bond acceptors (Lipinski definition) is 6. The van der Waals surface area contributed by atoms with Crippen LogP contribution >= 0.6 is 11.6 Å². The predicted molar refractivity (Wildman–Crippen MR) is 124 cm³/mol. The summed E-state index contributed by atoms with van der Waals surface area (Å²) < 4.78 is 7.52. The second kappa shape index (κ2) is 9.49. The fourth-order valence-electron chi connectivity index (χ4n) is 3.17. The third kappa shape index (κ3) is 4.99. The number of halogens is 1. The van der Waals surface area contributed by atoms with E-state index in [0.717, 1.165) is 12.1 Å². The Morgan fingerprint density at radius 2 is 1.94 bits per heavy atom. The topological polar surface area (TPSA) is 112 Å². The maximum Gasteiger partial charge on any atom is 0.313 e. The van der Waals surface area contributed by atoms with Crippen LogP contribution in [0.1, 0.15) is 17.3 Å². The maximum absolute atomic E-state index is 12.7. The van der Waals surface area contributed by atoms with E-state index in [4.69, 9.17) is 16.3 Å². The van der Waals surface area contributed by atoms with Gasteiger partial charge >= 0.3 is 5.69 Å². The standard InChI is InChI=1S/C23H18ClN5O4/c1-2-28-14-25-27-22(28)16-4-3-5-18(12-16)26-23(30)15-6-9-19(10-7-15)33-21-11-8-17(24)13-20(21)29(31)32/h3-14H,2H2,1H3,(H,26,30). The van der Waals surface area contributed by atoms with E-state index in [0.29, 0.717) is 22.8 Å². The Hall–Kier alpha value is -4.24. The summed E-state index contributed by atoms with van der Waals surface area (Å²) in [4.78, 5) is 23.3. The van der Waals surface area contributed by atoms with E-state index in [1.807, 2.05) is 29.7 Å². The van der Waals surface area contributed by atoms with Gasteiger partial charge in [0.1, 0.15) is 12.1 Å². The van der Waals surface area contributed by atoms with Gasteiger partial charge in [-0.15, -0.1) is 10.2 Å². The molecule has 0 bridgehead atoms. The summed E-state index contributed by atoms with van der Waals surface area (Å²) >= 11 is 5.83. The zero-order chi connectivity index (χ0) is 23.4. The molecule has 0 aliphatic carbocycles. The van der Waals surface area contributed by atoms with Crippen molar-refractivity contribution in [1.29, 1.82) is 0 Å². The van der Waals surface area contributed by atoms with Crippen LogP contribution in [0.3, 0.4) is 0 Å². The molecule has 1 amide bonds. The molecule has 0 aliphatic heterocycles. The number of nitro groups is 1. The van der Waals surface area contributed by atoms with Crippen LogP contribution in [0.4, 0.5) is 11.4 Å². The van der Waals surface area contributed by atoms with Crippen molar-refractivity contribution in [2.24, 2.45) is 0 Å². The largest absolute Gasteiger partial charge is 0.450 e. The summed E-state index contributed by atoms with van der Waals surface area (Å²) in [7, 11) is 0. The second-order valence-corrected chi connectivity index (χ2v) is 7.41. The average molecular weight is 464 g/mol. The molecule has 3 aromatic carbocycles. The van der Waals surface area contributed by atoms with Crippen LogP contribution in [-0.4, -0.2) is 25.6 Å². The van der Waals surface area contributed by atoms with Crippen molar-refractivity contribution in [2.75, 3.05) is 5.32 Å². The first kappa shape index (κ1) is 22.0. The van der Waals surface area contributed by atoms with Crippen molar-refractivity contribution in [2.45, 2.75) is 13.5 Å². The van der Waals surface area contributed by atoms with Crippen LogP contribution in [0.5, 0.6) is 11.5 Å². The first-order valence-electron chi connectivity index (χ1n) is 9.96. The Morgan fingerprint density at radius 1 is 1.15 bits per heavy atom. The number of aromatic nitrogens is 3. The highest BCUT2D eigenvalue weighted by atomic mass is 35.5. The van der Waals surface area contributed by atoms with Crippen molar-refractivity contribution in [1.82, 2.24) is 14.8 Å². The SMILES string of the molecule is CCn1cnnc1-c1cccc(NC(=O)c2ccc(Oc3ccc(Cl)cc3[N+](=O)[O-])cc2)c1. The molecule has 0 fully saturated rings. The van der Waals surface area contributed by atoms with Gasteiger partial charge in [0.05, 0.1) is 4.92 Å². The summed E-state index contributed by atoms with van der Waals surface area (Å²) in [5.41, 5.74) is 1.60. The van der Waals surface area contributed by atoms with Crippen molar-refractivity contribution < 1.29 is 14.5 Å². The summed E-state index contributed by atoms with van der Waals surface area (Å²) in [5, 5.41) is 22.4. The summed E-state index contributed by atoms with van der Waals surface area (Å²) in [6, 6.07) is 17.8. The summed E-state index contributed by atoms with van der Waals surface area (Å²) in [5.74, 6) is 0.802. The molecule has 33 heavy (non-hydrogen) atoms. The van der Waals surface area contributed by atoms with E-state index in [9.17, 15) is 14.9 Å². The highest BCUT2D eigenvalue weighted by molar-refractivity contribution is 6.30. The zero-order valence-electron chi connectivity index (χ0n) is 17.4. The van der Waals surface area contributed by atoms with Crippen molar-refractivity contribution >= 4 is 28.9 Å². The van der Waals surface area contributed by atoms with Crippen LogP contribution in [-0.2, 0) is 6.54 Å². The molecule has 9 nitrogen and oxygen atoms in total. The van der Waals surface area contributed by atoms with Gasteiger partial charge in [0, 0.05) is 34.4 Å². The van der Waals surface area contributed by atoms with Gasteiger partial charge in [-0.1, -0.05) is 23.7 Å². The van der Waals surface area contributed by atoms with E-state index < -0.39 is 4.92 Å². The fraction of sp³-hybridized carbons (Fsp3) is 0.0870. The highest BCUT2D eigenvalue weighted by Crippen LogP contribution is 2.33. The lowest BCUT2D eigenvalue weighted by Gasteiger charge is -2.09. The Balaban J connectivity index is 1.48. The number of carbonyl (C=O) groups is 1. The smallest absolute Gasteiger partial charge is 0.313 e. The number of benzene rings is 3. The Labute approximate surface area is 193 Å². The van der Waals surface area contributed by atoms with E-state index in [1.54, 1.807) is 36.7 Å². The lowest BCUT2D eigenvalue weighted by Crippen LogP contribution is -2.11. The van der Waals surface area contributed by atoms with Gasteiger partial charge < -0.3 is 14.6 Å². The number of nitrogens with zero attached hydrogens (tertiary/aromatic N) is 4. The van der Waals surface area contributed by atoms with Crippen molar-refractivity contribution in [3.05, 3.63) is 93.8 Å². The molecule has 4 rings (SSSR count). The van der Waals surface area contributed by atoms with Crippen LogP contribution in [0.2, 0.25) is 5.02 Å². The van der Waals surface area contributed by atoms with E-state index in [1.165, 1.54) is 18.2 Å². The summed E-state index contributed by atoms with van der Waals surface area (Å²) in [6.07, 6.45) is 1.66. The van der Waals surface area contributed by atoms with Gasteiger partial charge in [-0.25, -0.2) is 0 Å². The molecule has 0 saturated carbocycles. The van der Waals surface area contributed by atoms with Crippen molar-refractivity contribution in [3.63, 3.8) is 0 Å².